The summed E-state index contributed by atoms with van der Waals surface area (Å²) in [5.41, 5.74) is 0.674. The summed E-state index contributed by atoms with van der Waals surface area (Å²) in [4.78, 5) is 9.00. The van der Waals surface area contributed by atoms with Gasteiger partial charge in [-0.3, -0.25) is 4.79 Å². The molecule has 0 radical (unpaired) electrons. The first kappa shape index (κ1) is 14.9. The van der Waals surface area contributed by atoms with Crippen molar-refractivity contribution in [3.05, 3.63) is 36.8 Å². The number of phenolic OH excluding ortho intramolecular Hbond substituents is 1. The van der Waals surface area contributed by atoms with E-state index in [1.165, 1.54) is 0 Å². The van der Waals surface area contributed by atoms with Crippen molar-refractivity contribution in [2.75, 3.05) is 0 Å². The zero-order valence-corrected chi connectivity index (χ0v) is 9.82. The van der Waals surface area contributed by atoms with Gasteiger partial charge in [0, 0.05) is 12.7 Å². The Kier molecular flexibility index (Phi) is 9.12. The molecule has 1 rings (SSSR count). The van der Waals surface area contributed by atoms with Crippen LogP contribution in [0.5, 0.6) is 5.75 Å². The van der Waals surface area contributed by atoms with E-state index in [9.17, 15) is 0 Å². The third kappa shape index (κ3) is 9.27. The molecule has 0 aromatic heterocycles. The van der Waals surface area contributed by atoms with Gasteiger partial charge in [-0.2, -0.15) is 18.6 Å². The van der Waals surface area contributed by atoms with E-state index in [4.69, 9.17) is 15.0 Å². The summed E-state index contributed by atoms with van der Waals surface area (Å²) in [5.74, 6) is -0.576. The van der Waals surface area contributed by atoms with Crippen molar-refractivity contribution < 1.29 is 44.6 Å². The summed E-state index contributed by atoms with van der Waals surface area (Å²) in [7, 11) is 0. The molecule has 0 unspecified atom stereocenters. The monoisotopic (exact) mass is 190 g/mol. The van der Waals surface area contributed by atoms with Crippen LogP contribution in [0.25, 0.3) is 0 Å². The molecular weight excluding hydrogens is 179 g/mol. The number of phenols is 1. The van der Waals surface area contributed by atoms with Crippen LogP contribution in [0.3, 0.4) is 0 Å². The number of carbonyl (C=O) groups is 1. The normalized spacial score (nSPS) is 7.46. The van der Waals surface area contributed by atoms with Gasteiger partial charge in [0.1, 0.15) is 0 Å². The molecule has 0 atom stereocenters. The third-order valence-electron chi connectivity index (χ3n) is 0.992. The van der Waals surface area contributed by atoms with Crippen LogP contribution in [0.2, 0.25) is 0 Å². The maximum atomic E-state index is 9.00. The Morgan fingerprint density at radius 2 is 1.77 bits per heavy atom. The third-order valence-corrected chi connectivity index (χ3v) is 0.992. The Hall–Kier alpha value is -0.640. The van der Waals surface area contributed by atoms with E-state index >= 15 is 0 Å². The maximum Gasteiger partial charge on any atom is 1.00 e. The summed E-state index contributed by atoms with van der Waals surface area (Å²) in [6.07, 6.45) is 0. The second-order valence-corrected chi connectivity index (χ2v) is 2.15. The molecule has 2 N–H and O–H groups in total. The van der Waals surface area contributed by atoms with Gasteiger partial charge in [-0.15, -0.1) is 6.07 Å². The number of rotatable bonds is 0. The summed E-state index contributed by atoms with van der Waals surface area (Å²) < 4.78 is 0. The summed E-state index contributed by atoms with van der Waals surface area (Å²) >= 11 is 0. The van der Waals surface area contributed by atoms with Crippen LogP contribution in [0.15, 0.2) is 24.3 Å². The molecular formula is C9H11NaO3. The van der Waals surface area contributed by atoms with E-state index < -0.39 is 5.97 Å². The quantitative estimate of drug-likeness (QED) is 0.393. The van der Waals surface area contributed by atoms with E-state index in [-0.39, 0.29) is 35.3 Å². The first-order chi connectivity index (χ1) is 5.54. The van der Waals surface area contributed by atoms with Crippen LogP contribution < -0.4 is 29.6 Å². The SMILES string of the molecule is CC(=O)O.[CH2-]c1ccccc1O.[Na+]. The molecule has 1 aromatic carbocycles. The molecule has 13 heavy (non-hydrogen) atoms. The average Bonchev–Trinajstić information content (AvgIpc) is 1.94. The maximum absolute atomic E-state index is 9.00. The Labute approximate surface area is 99.7 Å². The van der Waals surface area contributed by atoms with Crippen molar-refractivity contribution in [1.29, 1.82) is 0 Å². The molecule has 0 bridgehead atoms. The molecule has 0 aliphatic rings. The van der Waals surface area contributed by atoms with Crippen molar-refractivity contribution >= 4 is 5.97 Å². The standard InChI is InChI=1S/C7H7O.C2H4O2.Na/c1-6-4-2-3-5-7(6)8;1-2(3)4;/h2-5,8H,1H2;1H3,(H,3,4);/q-1;;+1. The molecule has 0 saturated heterocycles. The van der Waals surface area contributed by atoms with Crippen LogP contribution in [-0.2, 0) is 4.79 Å². The van der Waals surface area contributed by atoms with Crippen LogP contribution >= 0.6 is 0 Å². The first-order valence-corrected chi connectivity index (χ1v) is 3.33. The number of aliphatic carboxylic acids is 1. The van der Waals surface area contributed by atoms with Gasteiger partial charge in [0.2, 0.25) is 0 Å². The van der Waals surface area contributed by atoms with E-state index in [1.54, 1.807) is 18.2 Å². The van der Waals surface area contributed by atoms with Crippen LogP contribution in [0.4, 0.5) is 0 Å². The first-order valence-electron chi connectivity index (χ1n) is 3.33. The van der Waals surface area contributed by atoms with Crippen molar-refractivity contribution in [2.24, 2.45) is 0 Å². The van der Waals surface area contributed by atoms with Crippen LogP contribution in [0.1, 0.15) is 12.5 Å². The number of carboxylic acid groups (broad SMARTS) is 1. The molecule has 0 saturated carbocycles. The molecule has 0 amide bonds. The molecule has 4 heteroatoms. The van der Waals surface area contributed by atoms with Crippen molar-refractivity contribution in [3.8, 4) is 5.75 Å². The number of benzene rings is 1. The van der Waals surface area contributed by atoms with E-state index in [2.05, 4.69) is 6.92 Å². The molecule has 1 aromatic rings. The molecule has 66 valence electrons. The molecule has 0 heterocycles. The smallest absolute Gasteiger partial charge is 0.565 e. The van der Waals surface area contributed by atoms with Crippen molar-refractivity contribution in [1.82, 2.24) is 0 Å². The fourth-order valence-electron chi connectivity index (χ4n) is 0.511. The van der Waals surface area contributed by atoms with Crippen LogP contribution in [-0.4, -0.2) is 16.2 Å². The Balaban J connectivity index is 0. The largest absolute Gasteiger partial charge is 1.00 e. The van der Waals surface area contributed by atoms with Gasteiger partial charge in [0.05, 0.1) is 0 Å². The number of para-hydroxylation sites is 1. The predicted octanol–water partition coefficient (Wildman–Crippen LogP) is -1.33. The van der Waals surface area contributed by atoms with Crippen molar-refractivity contribution in [3.63, 3.8) is 0 Å². The van der Waals surface area contributed by atoms with Crippen molar-refractivity contribution in [2.45, 2.75) is 6.92 Å². The Morgan fingerprint density at radius 1 is 1.38 bits per heavy atom. The van der Waals surface area contributed by atoms with E-state index in [0.717, 1.165) is 6.92 Å². The summed E-state index contributed by atoms with van der Waals surface area (Å²) in [5, 5.41) is 16.3. The number of hydrogen-bond donors (Lipinski definition) is 2. The van der Waals surface area contributed by atoms with E-state index in [0.29, 0.717) is 5.56 Å². The molecule has 0 fully saturated rings. The van der Waals surface area contributed by atoms with Gasteiger partial charge < -0.3 is 10.2 Å². The van der Waals surface area contributed by atoms with Gasteiger partial charge in [0.15, 0.2) is 0 Å². The molecule has 0 spiro atoms. The zero-order chi connectivity index (χ0) is 9.56. The fourth-order valence-corrected chi connectivity index (χ4v) is 0.511. The van der Waals surface area contributed by atoms with Gasteiger partial charge in [-0.1, -0.05) is 12.1 Å². The minimum absolute atomic E-state index is 0. The van der Waals surface area contributed by atoms with E-state index in [1.807, 2.05) is 6.07 Å². The van der Waals surface area contributed by atoms with Gasteiger partial charge >= 0.3 is 29.6 Å². The second-order valence-electron chi connectivity index (χ2n) is 2.15. The number of aromatic hydroxyl groups is 1. The van der Waals surface area contributed by atoms with Gasteiger partial charge in [-0.05, 0) is 0 Å². The summed E-state index contributed by atoms with van der Waals surface area (Å²) in [6.45, 7) is 4.65. The Bertz CT molecular complexity index is 236. The fraction of sp³-hybridized carbons (Fsp3) is 0.111. The Morgan fingerprint density at radius 3 is 2.00 bits per heavy atom. The minimum Gasteiger partial charge on any atom is -0.565 e. The molecule has 0 aliphatic carbocycles. The second kappa shape index (κ2) is 7.98. The molecule has 0 aliphatic heterocycles. The topological polar surface area (TPSA) is 57.5 Å². The number of carboxylic acids is 1. The minimum atomic E-state index is -0.833. The summed E-state index contributed by atoms with van der Waals surface area (Å²) in [6, 6.07) is 6.98. The zero-order valence-electron chi connectivity index (χ0n) is 7.82. The van der Waals surface area contributed by atoms with Gasteiger partial charge in [-0.25, -0.2) is 0 Å². The van der Waals surface area contributed by atoms with Gasteiger partial charge in [0.25, 0.3) is 5.97 Å². The van der Waals surface area contributed by atoms with Crippen LogP contribution in [0, 0.1) is 6.92 Å². The average molecular weight is 190 g/mol. The predicted molar refractivity (Wildman–Crippen MR) is 45.9 cm³/mol. The molecule has 3 nitrogen and oxygen atoms in total. The number of hydrogen-bond acceptors (Lipinski definition) is 2.